The van der Waals surface area contributed by atoms with Gasteiger partial charge in [-0.25, -0.2) is 4.68 Å². The van der Waals surface area contributed by atoms with Gasteiger partial charge >= 0.3 is 0 Å². The number of nitrogens with zero attached hydrogens (tertiary/aromatic N) is 2. The van der Waals surface area contributed by atoms with Crippen LogP contribution in [0.1, 0.15) is 5.56 Å². The quantitative estimate of drug-likeness (QED) is 0.523. The number of rotatable bonds is 5. The highest BCUT2D eigenvalue weighted by Crippen LogP contribution is 1.96. The van der Waals surface area contributed by atoms with Crippen LogP contribution in [0, 0.1) is 0 Å². The SMILES string of the molecule is C=CCNCc1cnn(C=C)c1. The first kappa shape index (κ1) is 8.74. The van der Waals surface area contributed by atoms with Crippen LogP contribution >= 0.6 is 0 Å². The Bertz CT molecular complexity index is 262. The van der Waals surface area contributed by atoms with Gasteiger partial charge in [0.2, 0.25) is 0 Å². The molecular formula is C9H13N3. The fourth-order valence-electron chi connectivity index (χ4n) is 0.887. The Labute approximate surface area is 72.4 Å². The fourth-order valence-corrected chi connectivity index (χ4v) is 0.887. The maximum atomic E-state index is 4.05. The summed E-state index contributed by atoms with van der Waals surface area (Å²) >= 11 is 0. The van der Waals surface area contributed by atoms with Crippen molar-refractivity contribution < 1.29 is 0 Å². The second-order valence-electron chi connectivity index (χ2n) is 2.43. The van der Waals surface area contributed by atoms with Crippen molar-refractivity contribution in [2.75, 3.05) is 6.54 Å². The molecular weight excluding hydrogens is 150 g/mol. The van der Waals surface area contributed by atoms with Crippen molar-refractivity contribution in [2.24, 2.45) is 0 Å². The molecule has 1 heterocycles. The Balaban J connectivity index is 2.41. The van der Waals surface area contributed by atoms with E-state index < -0.39 is 0 Å². The van der Waals surface area contributed by atoms with Crippen molar-refractivity contribution in [1.82, 2.24) is 15.1 Å². The maximum absolute atomic E-state index is 4.05. The Morgan fingerprint density at radius 2 is 2.42 bits per heavy atom. The minimum atomic E-state index is 0.819. The normalized spacial score (nSPS) is 9.67. The summed E-state index contributed by atoms with van der Waals surface area (Å²) in [5, 5.41) is 7.23. The van der Waals surface area contributed by atoms with E-state index in [2.05, 4.69) is 23.6 Å². The van der Waals surface area contributed by atoms with Crippen LogP contribution in [0.2, 0.25) is 0 Å². The first-order valence-corrected chi connectivity index (χ1v) is 3.84. The first-order chi connectivity index (χ1) is 5.86. The van der Waals surface area contributed by atoms with Crippen LogP contribution in [0.25, 0.3) is 6.20 Å². The molecule has 1 aromatic heterocycles. The van der Waals surface area contributed by atoms with Crippen LogP contribution in [0.5, 0.6) is 0 Å². The van der Waals surface area contributed by atoms with Crippen molar-refractivity contribution in [3.63, 3.8) is 0 Å². The van der Waals surface area contributed by atoms with Crippen LogP contribution in [-0.4, -0.2) is 16.3 Å². The molecule has 0 saturated heterocycles. The molecule has 0 aromatic carbocycles. The number of nitrogens with one attached hydrogen (secondary N) is 1. The summed E-state index contributed by atoms with van der Waals surface area (Å²) in [6, 6.07) is 0. The lowest BCUT2D eigenvalue weighted by atomic mass is 10.3. The van der Waals surface area contributed by atoms with E-state index in [1.807, 2.05) is 18.5 Å². The molecule has 0 bridgehead atoms. The summed E-state index contributed by atoms with van der Waals surface area (Å²) in [6.45, 7) is 8.86. The molecule has 0 aliphatic heterocycles. The Morgan fingerprint density at radius 3 is 3.00 bits per heavy atom. The molecule has 0 saturated carbocycles. The van der Waals surface area contributed by atoms with Gasteiger partial charge < -0.3 is 5.32 Å². The van der Waals surface area contributed by atoms with E-state index >= 15 is 0 Å². The summed E-state index contributed by atoms with van der Waals surface area (Å²) in [5.74, 6) is 0. The molecule has 1 aromatic rings. The number of hydrogen-bond donors (Lipinski definition) is 1. The molecule has 0 aliphatic rings. The highest BCUT2D eigenvalue weighted by molar-refractivity contribution is 5.17. The smallest absolute Gasteiger partial charge is 0.0538 e. The van der Waals surface area contributed by atoms with Crippen LogP contribution in [0.15, 0.2) is 31.6 Å². The van der Waals surface area contributed by atoms with Crippen molar-refractivity contribution >= 4 is 6.20 Å². The molecule has 0 amide bonds. The summed E-state index contributed by atoms with van der Waals surface area (Å²) in [7, 11) is 0. The maximum Gasteiger partial charge on any atom is 0.0538 e. The molecule has 0 unspecified atom stereocenters. The summed E-state index contributed by atoms with van der Waals surface area (Å²) in [6.07, 6.45) is 7.25. The van der Waals surface area contributed by atoms with E-state index in [1.165, 1.54) is 0 Å². The highest BCUT2D eigenvalue weighted by Gasteiger charge is 1.93. The standard InChI is InChI=1S/C9H13N3/c1-3-5-10-6-9-7-11-12(4-2)8-9/h3-4,7-8,10H,1-2,5-6H2. The summed E-state index contributed by atoms with van der Waals surface area (Å²) in [4.78, 5) is 0. The zero-order chi connectivity index (χ0) is 8.81. The highest BCUT2D eigenvalue weighted by atomic mass is 15.2. The lowest BCUT2D eigenvalue weighted by Crippen LogP contribution is -2.11. The molecule has 0 aliphatic carbocycles. The van der Waals surface area contributed by atoms with Crippen LogP contribution in [0.3, 0.4) is 0 Å². The van der Waals surface area contributed by atoms with Gasteiger partial charge in [0.15, 0.2) is 0 Å². The van der Waals surface area contributed by atoms with Gasteiger partial charge in [0.05, 0.1) is 6.20 Å². The van der Waals surface area contributed by atoms with Gasteiger partial charge in [0.25, 0.3) is 0 Å². The van der Waals surface area contributed by atoms with Gasteiger partial charge in [-0.05, 0) is 0 Å². The molecule has 1 N–H and O–H groups in total. The molecule has 3 nitrogen and oxygen atoms in total. The molecule has 3 heteroatoms. The fraction of sp³-hybridized carbons (Fsp3) is 0.222. The molecule has 0 spiro atoms. The van der Waals surface area contributed by atoms with E-state index in [-0.39, 0.29) is 0 Å². The molecule has 0 fully saturated rings. The minimum absolute atomic E-state index is 0.819. The second kappa shape index (κ2) is 4.51. The zero-order valence-electron chi connectivity index (χ0n) is 7.03. The van der Waals surface area contributed by atoms with Gasteiger partial charge in [-0.3, -0.25) is 0 Å². The minimum Gasteiger partial charge on any atom is -0.309 e. The lowest BCUT2D eigenvalue weighted by molar-refractivity contribution is 0.760. The van der Waals surface area contributed by atoms with Gasteiger partial charge in [-0.2, -0.15) is 5.10 Å². The van der Waals surface area contributed by atoms with Crippen molar-refractivity contribution in [1.29, 1.82) is 0 Å². The predicted molar refractivity (Wildman–Crippen MR) is 50.5 cm³/mol. The van der Waals surface area contributed by atoms with Crippen LogP contribution < -0.4 is 5.32 Å². The third kappa shape index (κ3) is 2.36. The Morgan fingerprint density at radius 1 is 1.58 bits per heavy atom. The lowest BCUT2D eigenvalue weighted by Gasteiger charge is -1.95. The van der Waals surface area contributed by atoms with Gasteiger partial charge in [-0.15, -0.1) is 6.58 Å². The van der Waals surface area contributed by atoms with Crippen LogP contribution in [-0.2, 0) is 6.54 Å². The number of aromatic nitrogens is 2. The van der Waals surface area contributed by atoms with Gasteiger partial charge in [-0.1, -0.05) is 12.7 Å². The average Bonchev–Trinajstić information content (AvgIpc) is 2.53. The van der Waals surface area contributed by atoms with Crippen molar-refractivity contribution in [3.05, 3.63) is 37.2 Å². The molecule has 1 rings (SSSR count). The van der Waals surface area contributed by atoms with Crippen molar-refractivity contribution in [3.8, 4) is 0 Å². The average molecular weight is 163 g/mol. The zero-order valence-corrected chi connectivity index (χ0v) is 7.03. The van der Waals surface area contributed by atoms with E-state index in [0.717, 1.165) is 18.7 Å². The Hall–Kier alpha value is -1.35. The first-order valence-electron chi connectivity index (χ1n) is 3.84. The molecule has 12 heavy (non-hydrogen) atoms. The topological polar surface area (TPSA) is 29.9 Å². The summed E-state index contributed by atoms with van der Waals surface area (Å²) in [5.41, 5.74) is 1.15. The van der Waals surface area contributed by atoms with Gasteiger partial charge in [0, 0.05) is 31.0 Å². The molecule has 0 atom stereocenters. The number of hydrogen-bond acceptors (Lipinski definition) is 2. The molecule has 64 valence electrons. The second-order valence-corrected chi connectivity index (χ2v) is 2.43. The van der Waals surface area contributed by atoms with Crippen molar-refractivity contribution in [2.45, 2.75) is 6.54 Å². The van der Waals surface area contributed by atoms with E-state index in [4.69, 9.17) is 0 Å². The van der Waals surface area contributed by atoms with Gasteiger partial charge in [0.1, 0.15) is 0 Å². The van der Waals surface area contributed by atoms with E-state index in [1.54, 1.807) is 10.9 Å². The largest absolute Gasteiger partial charge is 0.309 e. The summed E-state index contributed by atoms with van der Waals surface area (Å²) < 4.78 is 1.69. The molecule has 0 radical (unpaired) electrons. The van der Waals surface area contributed by atoms with E-state index in [0.29, 0.717) is 0 Å². The van der Waals surface area contributed by atoms with Crippen LogP contribution in [0.4, 0.5) is 0 Å². The Kier molecular flexibility index (Phi) is 3.29. The van der Waals surface area contributed by atoms with E-state index in [9.17, 15) is 0 Å². The third-order valence-electron chi connectivity index (χ3n) is 1.46. The predicted octanol–water partition coefficient (Wildman–Crippen LogP) is 1.26. The third-order valence-corrected chi connectivity index (χ3v) is 1.46. The monoisotopic (exact) mass is 163 g/mol.